The van der Waals surface area contributed by atoms with Crippen LogP contribution >= 0.6 is 11.6 Å². The molecule has 2 aromatic rings. The molecule has 0 radical (unpaired) electrons. The minimum Gasteiger partial charge on any atom is -0.381 e. The second kappa shape index (κ2) is 6.79. The molecule has 1 aromatic heterocycles. The number of nitrogens with one attached hydrogen (secondary N) is 1. The minimum atomic E-state index is -0.0313. The zero-order chi connectivity index (χ0) is 15.4. The van der Waals surface area contributed by atoms with Gasteiger partial charge in [0.15, 0.2) is 0 Å². The Kier molecular flexibility index (Phi) is 4.59. The normalized spacial score (nSPS) is 18.0. The van der Waals surface area contributed by atoms with Gasteiger partial charge in [0, 0.05) is 31.0 Å². The maximum absolute atomic E-state index is 12.5. The average molecular weight is 316 g/mol. The first-order chi connectivity index (χ1) is 10.7. The molecule has 0 saturated carbocycles. The van der Waals surface area contributed by atoms with Crippen molar-refractivity contribution in [2.24, 2.45) is 0 Å². The van der Waals surface area contributed by atoms with E-state index in [9.17, 15) is 4.79 Å². The van der Waals surface area contributed by atoms with E-state index < -0.39 is 0 Å². The number of benzene rings is 1. The first-order valence-corrected chi connectivity index (χ1v) is 7.82. The van der Waals surface area contributed by atoms with Gasteiger partial charge in [-0.3, -0.25) is 4.79 Å². The fourth-order valence-electron chi connectivity index (χ4n) is 2.71. The molecule has 1 atom stereocenters. The number of likely N-dealkylation sites (tertiary alicyclic amines) is 1. The van der Waals surface area contributed by atoms with Crippen LogP contribution in [-0.4, -0.2) is 34.9 Å². The third kappa shape index (κ3) is 3.57. The Hall–Kier alpha value is -2.07. The first kappa shape index (κ1) is 14.9. The number of halogens is 1. The molecule has 5 heteroatoms. The van der Waals surface area contributed by atoms with Gasteiger partial charge in [0.2, 0.25) is 0 Å². The molecule has 4 nitrogen and oxygen atoms in total. The van der Waals surface area contributed by atoms with Gasteiger partial charge >= 0.3 is 0 Å². The number of aromatic nitrogens is 1. The van der Waals surface area contributed by atoms with E-state index >= 15 is 0 Å². The number of carbonyl (C=O) groups is 1. The number of nitrogens with zero attached hydrogens (tertiary/aromatic N) is 2. The lowest BCUT2D eigenvalue weighted by Crippen LogP contribution is -2.45. The number of anilines is 1. The summed E-state index contributed by atoms with van der Waals surface area (Å²) in [6, 6.07) is 13.7. The molecule has 1 fully saturated rings. The van der Waals surface area contributed by atoms with Crippen LogP contribution in [0.4, 0.5) is 5.69 Å². The molecule has 1 aromatic carbocycles. The van der Waals surface area contributed by atoms with Crippen molar-refractivity contribution < 1.29 is 4.79 Å². The highest BCUT2D eigenvalue weighted by atomic mass is 35.5. The Labute approximate surface area is 135 Å². The highest BCUT2D eigenvalue weighted by molar-refractivity contribution is 6.30. The second-order valence-electron chi connectivity index (χ2n) is 5.46. The number of hydrogen-bond acceptors (Lipinski definition) is 3. The van der Waals surface area contributed by atoms with Crippen LogP contribution < -0.4 is 5.32 Å². The largest absolute Gasteiger partial charge is 0.381 e. The molecule has 3 rings (SSSR count). The maximum Gasteiger partial charge on any atom is 0.272 e. The van der Waals surface area contributed by atoms with Crippen LogP contribution in [-0.2, 0) is 0 Å². The van der Waals surface area contributed by atoms with Crippen LogP contribution in [0.5, 0.6) is 0 Å². The molecule has 0 unspecified atom stereocenters. The summed E-state index contributed by atoms with van der Waals surface area (Å²) in [5.74, 6) is -0.0313. The Balaban J connectivity index is 1.65. The lowest BCUT2D eigenvalue weighted by molar-refractivity contribution is 0.0709. The van der Waals surface area contributed by atoms with Gasteiger partial charge in [0.25, 0.3) is 5.91 Å². The standard InChI is InChI=1S/C17H18ClN3O/c18-13-8-9-16(19-11-13)17(22)21-10-4-7-15(12-21)20-14-5-2-1-3-6-14/h1-3,5-6,8-9,11,15,20H,4,7,10,12H2/t15-/m1/s1. The van der Waals surface area contributed by atoms with E-state index in [1.165, 1.54) is 6.20 Å². The minimum absolute atomic E-state index is 0.0313. The number of piperidine rings is 1. The fraction of sp³-hybridized carbons (Fsp3) is 0.294. The zero-order valence-electron chi connectivity index (χ0n) is 12.2. The number of carbonyl (C=O) groups excluding carboxylic acids is 1. The van der Waals surface area contributed by atoms with Gasteiger partial charge in [-0.05, 0) is 37.1 Å². The third-order valence-corrected chi connectivity index (χ3v) is 4.02. The van der Waals surface area contributed by atoms with Gasteiger partial charge in [-0.25, -0.2) is 4.98 Å². The highest BCUT2D eigenvalue weighted by Gasteiger charge is 2.25. The van der Waals surface area contributed by atoms with E-state index in [-0.39, 0.29) is 11.9 Å². The summed E-state index contributed by atoms with van der Waals surface area (Å²) >= 11 is 5.82. The van der Waals surface area contributed by atoms with E-state index in [1.54, 1.807) is 12.1 Å². The Bertz CT molecular complexity index is 630. The van der Waals surface area contributed by atoms with E-state index in [2.05, 4.69) is 10.3 Å². The summed E-state index contributed by atoms with van der Waals surface area (Å²) < 4.78 is 0. The molecule has 1 aliphatic heterocycles. The van der Waals surface area contributed by atoms with E-state index in [4.69, 9.17) is 11.6 Å². The van der Waals surface area contributed by atoms with Crippen molar-refractivity contribution in [2.75, 3.05) is 18.4 Å². The van der Waals surface area contributed by atoms with Crippen LogP contribution in [0.3, 0.4) is 0 Å². The summed E-state index contributed by atoms with van der Waals surface area (Å²) in [6.07, 6.45) is 3.56. The van der Waals surface area contributed by atoms with E-state index in [0.29, 0.717) is 17.3 Å². The van der Waals surface area contributed by atoms with Crippen molar-refractivity contribution in [3.8, 4) is 0 Å². The monoisotopic (exact) mass is 315 g/mol. The van der Waals surface area contributed by atoms with Gasteiger partial charge < -0.3 is 10.2 Å². The molecule has 1 amide bonds. The topological polar surface area (TPSA) is 45.2 Å². The zero-order valence-corrected chi connectivity index (χ0v) is 13.0. The van der Waals surface area contributed by atoms with Gasteiger partial charge in [-0.1, -0.05) is 29.8 Å². The predicted molar refractivity (Wildman–Crippen MR) is 88.2 cm³/mol. The predicted octanol–water partition coefficient (Wildman–Crippen LogP) is 3.45. The molecule has 114 valence electrons. The third-order valence-electron chi connectivity index (χ3n) is 3.80. The van der Waals surface area contributed by atoms with E-state index in [0.717, 1.165) is 25.1 Å². The molecule has 0 aliphatic carbocycles. The molecule has 1 aliphatic rings. The van der Waals surface area contributed by atoms with Crippen LogP contribution in [0.25, 0.3) is 0 Å². The summed E-state index contributed by atoms with van der Waals surface area (Å²) in [4.78, 5) is 18.5. The first-order valence-electron chi connectivity index (χ1n) is 7.45. The van der Waals surface area contributed by atoms with Gasteiger partial charge in [-0.2, -0.15) is 0 Å². The van der Waals surface area contributed by atoms with Gasteiger partial charge in [0.1, 0.15) is 5.69 Å². The number of pyridine rings is 1. The van der Waals surface area contributed by atoms with Crippen molar-refractivity contribution in [2.45, 2.75) is 18.9 Å². The summed E-state index contributed by atoms with van der Waals surface area (Å²) in [6.45, 7) is 1.47. The fourth-order valence-corrected chi connectivity index (χ4v) is 2.83. The quantitative estimate of drug-likeness (QED) is 0.943. The molecule has 22 heavy (non-hydrogen) atoms. The van der Waals surface area contributed by atoms with Crippen molar-refractivity contribution >= 4 is 23.2 Å². The lowest BCUT2D eigenvalue weighted by atomic mass is 10.0. The summed E-state index contributed by atoms with van der Waals surface area (Å²) in [7, 11) is 0. The van der Waals surface area contributed by atoms with Crippen LogP contribution in [0.1, 0.15) is 23.3 Å². The SMILES string of the molecule is O=C(c1ccc(Cl)cn1)N1CCC[C@@H](Nc2ccccc2)C1. The number of rotatable bonds is 3. The molecule has 2 heterocycles. The van der Waals surface area contributed by atoms with Gasteiger partial charge in [0.05, 0.1) is 5.02 Å². The van der Waals surface area contributed by atoms with Gasteiger partial charge in [-0.15, -0.1) is 0 Å². The van der Waals surface area contributed by atoms with Crippen LogP contribution in [0.15, 0.2) is 48.7 Å². The molecule has 0 spiro atoms. The van der Waals surface area contributed by atoms with Crippen molar-refractivity contribution in [1.82, 2.24) is 9.88 Å². The Morgan fingerprint density at radius 2 is 2.05 bits per heavy atom. The smallest absolute Gasteiger partial charge is 0.272 e. The van der Waals surface area contributed by atoms with Crippen LogP contribution in [0, 0.1) is 0 Å². The number of para-hydroxylation sites is 1. The highest BCUT2D eigenvalue weighted by Crippen LogP contribution is 2.18. The second-order valence-corrected chi connectivity index (χ2v) is 5.90. The van der Waals surface area contributed by atoms with Crippen molar-refractivity contribution in [3.05, 3.63) is 59.4 Å². The molecular weight excluding hydrogens is 298 g/mol. The number of hydrogen-bond donors (Lipinski definition) is 1. The molecule has 1 saturated heterocycles. The van der Waals surface area contributed by atoms with Crippen molar-refractivity contribution in [1.29, 1.82) is 0 Å². The Morgan fingerprint density at radius 1 is 1.23 bits per heavy atom. The molecule has 1 N–H and O–H groups in total. The number of amides is 1. The van der Waals surface area contributed by atoms with Crippen LogP contribution in [0.2, 0.25) is 5.02 Å². The molecular formula is C17H18ClN3O. The summed E-state index contributed by atoms with van der Waals surface area (Å²) in [5, 5.41) is 4.03. The maximum atomic E-state index is 12.5. The Morgan fingerprint density at radius 3 is 2.77 bits per heavy atom. The average Bonchev–Trinajstić information content (AvgIpc) is 2.56. The summed E-state index contributed by atoms with van der Waals surface area (Å²) in [5.41, 5.74) is 1.54. The molecule has 0 bridgehead atoms. The van der Waals surface area contributed by atoms with E-state index in [1.807, 2.05) is 35.2 Å². The lowest BCUT2D eigenvalue weighted by Gasteiger charge is -2.33. The van der Waals surface area contributed by atoms with Crippen molar-refractivity contribution in [3.63, 3.8) is 0 Å².